The molecular weight excluding hydrogens is 390 g/mol. The van der Waals surface area contributed by atoms with Crippen LogP contribution in [0.4, 0.5) is 10.5 Å². The molecule has 4 unspecified atom stereocenters. The fourth-order valence-corrected chi connectivity index (χ4v) is 3.65. The Kier molecular flexibility index (Phi) is 6.04. The first-order chi connectivity index (χ1) is 15.0. The molecule has 4 rings (SSSR count). The van der Waals surface area contributed by atoms with Crippen LogP contribution in [0.2, 0.25) is 0 Å². The number of carbonyl (C=O) groups is 1. The van der Waals surface area contributed by atoms with Gasteiger partial charge in [0.25, 0.3) is 0 Å². The minimum absolute atomic E-state index is 0.0314. The maximum absolute atomic E-state index is 13.9. The first-order valence-corrected chi connectivity index (χ1v) is 10.5. The summed E-state index contributed by atoms with van der Waals surface area (Å²) in [6.07, 6.45) is 0.0825. The summed E-state index contributed by atoms with van der Waals surface area (Å²) in [5.41, 5.74) is 12.0. The number of anilines is 1. The lowest BCUT2D eigenvalue weighted by atomic mass is 10.1. The standard InChI is InChI=1S/C25H27N3O3/c1-18(20-10-6-3-7-11-20)28(30,25(29)31-17-19-8-4-2-5-9-19)27-22-14-12-21(13-15-22)23-16-24(23)26/h2-15,18,23-24,27H,16-17,26H2,1H3. The predicted molar refractivity (Wildman–Crippen MR) is 121 cm³/mol. The van der Waals surface area contributed by atoms with Crippen LogP contribution in [0.25, 0.3) is 0 Å². The summed E-state index contributed by atoms with van der Waals surface area (Å²) >= 11 is 0. The molecule has 1 amide bonds. The minimum atomic E-state index is -1.36. The number of nitrogens with one attached hydrogen (secondary N) is 1. The highest BCUT2D eigenvalue weighted by atomic mass is 16.7. The van der Waals surface area contributed by atoms with Gasteiger partial charge in [0.05, 0.1) is 5.69 Å². The molecule has 6 nitrogen and oxygen atoms in total. The maximum Gasteiger partial charge on any atom is 0.542 e. The quantitative estimate of drug-likeness (QED) is 0.405. The molecule has 3 N–H and O–H groups in total. The molecule has 3 aromatic rings. The molecule has 0 radical (unpaired) electrons. The lowest BCUT2D eigenvalue weighted by Crippen LogP contribution is -2.53. The maximum atomic E-state index is 13.9. The van der Waals surface area contributed by atoms with E-state index in [1.165, 1.54) is 0 Å². The first kappa shape index (κ1) is 21.1. The van der Waals surface area contributed by atoms with Gasteiger partial charge >= 0.3 is 6.09 Å². The number of nitrogens with zero attached hydrogens (tertiary/aromatic N) is 1. The topological polar surface area (TPSA) is 87.4 Å². The SMILES string of the molecule is CC(c1ccccc1)[N+]([O-])(Nc1ccc(C2CC2N)cc1)C(=O)OCc1ccccc1. The largest absolute Gasteiger partial charge is 0.596 e. The Labute approximate surface area is 182 Å². The number of hydroxylamine groups is 2. The monoisotopic (exact) mass is 417 g/mol. The van der Waals surface area contributed by atoms with Gasteiger partial charge < -0.3 is 15.7 Å². The lowest BCUT2D eigenvalue weighted by molar-refractivity contribution is -0.816. The second kappa shape index (κ2) is 8.89. The van der Waals surface area contributed by atoms with Gasteiger partial charge in [0.2, 0.25) is 0 Å². The van der Waals surface area contributed by atoms with E-state index < -0.39 is 16.9 Å². The van der Waals surface area contributed by atoms with Crippen LogP contribution in [0.15, 0.2) is 84.9 Å². The molecule has 0 bridgehead atoms. The van der Waals surface area contributed by atoms with Gasteiger partial charge in [-0.3, -0.25) is 0 Å². The summed E-state index contributed by atoms with van der Waals surface area (Å²) in [5.74, 6) is 0.375. The Bertz CT molecular complexity index is 1010. The Hall–Kier alpha value is -3.19. The van der Waals surface area contributed by atoms with E-state index in [9.17, 15) is 10.0 Å². The van der Waals surface area contributed by atoms with Crippen LogP contribution in [-0.2, 0) is 11.3 Å². The lowest BCUT2D eigenvalue weighted by Gasteiger charge is -2.42. The number of ether oxygens (including phenoxy) is 1. The summed E-state index contributed by atoms with van der Waals surface area (Å²) in [4.78, 5) is 13.0. The molecule has 4 atom stereocenters. The zero-order chi connectivity index (χ0) is 21.8. The fourth-order valence-electron chi connectivity index (χ4n) is 3.65. The van der Waals surface area contributed by atoms with Crippen LogP contribution in [0.1, 0.15) is 42.0 Å². The molecule has 0 spiro atoms. The van der Waals surface area contributed by atoms with E-state index >= 15 is 0 Å². The van der Waals surface area contributed by atoms with Crippen LogP contribution < -0.4 is 11.2 Å². The van der Waals surface area contributed by atoms with Crippen molar-refractivity contribution in [3.8, 4) is 0 Å². The average Bonchev–Trinajstić information content (AvgIpc) is 3.55. The number of rotatable bonds is 7. The van der Waals surface area contributed by atoms with E-state index in [4.69, 9.17) is 10.5 Å². The van der Waals surface area contributed by atoms with Crippen LogP contribution in [0.3, 0.4) is 0 Å². The molecule has 0 aromatic heterocycles. The average molecular weight is 418 g/mol. The van der Waals surface area contributed by atoms with Crippen LogP contribution in [0, 0.1) is 5.21 Å². The molecule has 1 aliphatic rings. The molecule has 160 valence electrons. The third-order valence-electron chi connectivity index (χ3n) is 5.78. The Balaban J connectivity index is 1.56. The normalized spacial score (nSPS) is 20.4. The Morgan fingerprint density at radius 1 is 1.06 bits per heavy atom. The fraction of sp³-hybridized carbons (Fsp3) is 0.240. The van der Waals surface area contributed by atoms with E-state index in [0.29, 0.717) is 11.6 Å². The molecule has 6 heteroatoms. The molecular formula is C25H27N3O3. The van der Waals surface area contributed by atoms with Crippen molar-refractivity contribution in [2.45, 2.75) is 38.0 Å². The molecule has 0 aliphatic heterocycles. The number of quaternary nitrogens is 1. The Morgan fingerprint density at radius 3 is 2.23 bits per heavy atom. The second-order valence-electron chi connectivity index (χ2n) is 8.02. The molecule has 1 fully saturated rings. The number of hydrogen-bond donors (Lipinski definition) is 2. The highest BCUT2D eigenvalue weighted by Gasteiger charge is 2.39. The van der Waals surface area contributed by atoms with Crippen LogP contribution >= 0.6 is 0 Å². The number of hydrogen-bond acceptors (Lipinski definition) is 5. The number of amides is 1. The molecule has 31 heavy (non-hydrogen) atoms. The van der Waals surface area contributed by atoms with E-state index in [-0.39, 0.29) is 12.6 Å². The van der Waals surface area contributed by atoms with Gasteiger partial charge in [-0.05, 0) is 36.6 Å². The zero-order valence-corrected chi connectivity index (χ0v) is 17.5. The third kappa shape index (κ3) is 4.77. The van der Waals surface area contributed by atoms with Gasteiger partial charge in [-0.25, -0.2) is 5.43 Å². The van der Waals surface area contributed by atoms with Crippen molar-refractivity contribution in [3.63, 3.8) is 0 Å². The number of benzene rings is 3. The summed E-state index contributed by atoms with van der Waals surface area (Å²) in [7, 11) is 0. The van der Waals surface area contributed by atoms with Gasteiger partial charge in [0.15, 0.2) is 0 Å². The molecule has 0 saturated heterocycles. The zero-order valence-electron chi connectivity index (χ0n) is 17.5. The van der Waals surface area contributed by atoms with E-state index in [0.717, 1.165) is 23.1 Å². The van der Waals surface area contributed by atoms with Crippen molar-refractivity contribution in [2.75, 3.05) is 5.43 Å². The van der Waals surface area contributed by atoms with E-state index in [1.807, 2.05) is 84.9 Å². The first-order valence-electron chi connectivity index (χ1n) is 10.5. The van der Waals surface area contributed by atoms with Gasteiger partial charge in [0, 0.05) is 17.5 Å². The van der Waals surface area contributed by atoms with Crippen LogP contribution in [0.5, 0.6) is 0 Å². The highest BCUT2D eigenvalue weighted by molar-refractivity contribution is 5.62. The number of carbonyl (C=O) groups excluding carboxylic acids is 1. The van der Waals surface area contributed by atoms with E-state index in [1.54, 1.807) is 6.92 Å². The molecule has 1 saturated carbocycles. The molecule has 3 aromatic carbocycles. The highest BCUT2D eigenvalue weighted by Crippen LogP contribution is 2.39. The van der Waals surface area contributed by atoms with Crippen molar-refractivity contribution in [1.29, 1.82) is 0 Å². The molecule has 0 heterocycles. The van der Waals surface area contributed by atoms with Crippen molar-refractivity contribution < 1.29 is 14.3 Å². The third-order valence-corrected chi connectivity index (χ3v) is 5.78. The molecule has 1 aliphatic carbocycles. The van der Waals surface area contributed by atoms with Crippen molar-refractivity contribution in [1.82, 2.24) is 0 Å². The van der Waals surface area contributed by atoms with Gasteiger partial charge in [-0.15, -0.1) is 4.76 Å². The second-order valence-corrected chi connectivity index (χ2v) is 8.02. The number of nitrogens with two attached hydrogens (primary N) is 1. The van der Waals surface area contributed by atoms with Crippen LogP contribution in [-0.4, -0.2) is 16.9 Å². The summed E-state index contributed by atoms with van der Waals surface area (Å²) < 4.78 is 4.07. The van der Waals surface area contributed by atoms with Crippen molar-refractivity contribution in [3.05, 3.63) is 107 Å². The summed E-state index contributed by atoms with van der Waals surface area (Å²) in [6.45, 7) is 1.75. The summed E-state index contributed by atoms with van der Waals surface area (Å²) in [5, 5.41) is 13.9. The smallest absolute Gasteiger partial charge is 0.542 e. The predicted octanol–water partition coefficient (Wildman–Crippen LogP) is 5.24. The van der Waals surface area contributed by atoms with Crippen molar-refractivity contribution in [2.24, 2.45) is 5.73 Å². The van der Waals surface area contributed by atoms with Gasteiger partial charge in [-0.2, -0.15) is 4.79 Å². The van der Waals surface area contributed by atoms with Gasteiger partial charge in [0.1, 0.15) is 12.6 Å². The Morgan fingerprint density at radius 2 is 1.65 bits per heavy atom. The van der Waals surface area contributed by atoms with Crippen molar-refractivity contribution >= 4 is 11.8 Å². The summed E-state index contributed by atoms with van der Waals surface area (Å²) in [6, 6.07) is 25.6. The van der Waals surface area contributed by atoms with Gasteiger partial charge in [-0.1, -0.05) is 72.8 Å². The van der Waals surface area contributed by atoms with E-state index in [2.05, 4.69) is 5.43 Å². The minimum Gasteiger partial charge on any atom is -0.596 e.